The van der Waals surface area contributed by atoms with Crippen molar-refractivity contribution >= 4 is 9.84 Å². The van der Waals surface area contributed by atoms with Crippen molar-refractivity contribution in [3.05, 3.63) is 65.5 Å². The Labute approximate surface area is 111 Å². The van der Waals surface area contributed by atoms with Crippen molar-refractivity contribution in [3.8, 4) is 0 Å². The highest BCUT2D eigenvalue weighted by molar-refractivity contribution is 7.90. The lowest BCUT2D eigenvalue weighted by Gasteiger charge is -2.13. The van der Waals surface area contributed by atoms with Crippen molar-refractivity contribution in [3.63, 3.8) is 0 Å². The topological polar surface area (TPSA) is 60.2 Å². The second kappa shape index (κ2) is 5.11. The molecule has 5 heteroatoms. The number of hydrogen-bond acceptors (Lipinski definition) is 3. The second-order valence-electron chi connectivity index (χ2n) is 4.34. The van der Waals surface area contributed by atoms with Gasteiger partial charge >= 0.3 is 0 Å². The van der Waals surface area contributed by atoms with Gasteiger partial charge in [-0.25, -0.2) is 12.8 Å². The number of nitrogens with two attached hydrogens (primary N) is 1. The summed E-state index contributed by atoms with van der Waals surface area (Å²) < 4.78 is 36.3. The Hall–Kier alpha value is -1.72. The van der Waals surface area contributed by atoms with E-state index in [0.717, 1.165) is 6.26 Å². The van der Waals surface area contributed by atoms with Gasteiger partial charge in [0, 0.05) is 11.8 Å². The third-order valence-corrected chi connectivity index (χ3v) is 4.04. The normalized spacial score (nSPS) is 13.2. The van der Waals surface area contributed by atoms with E-state index in [0.29, 0.717) is 11.1 Å². The van der Waals surface area contributed by atoms with Crippen LogP contribution in [-0.2, 0) is 9.84 Å². The third kappa shape index (κ3) is 3.00. The molecule has 1 atom stereocenters. The average Bonchev–Trinajstić information content (AvgIpc) is 2.38. The number of rotatable bonds is 3. The Morgan fingerprint density at radius 3 is 2.16 bits per heavy atom. The highest BCUT2D eigenvalue weighted by Gasteiger charge is 2.14. The van der Waals surface area contributed by atoms with Crippen molar-refractivity contribution in [2.45, 2.75) is 10.9 Å². The van der Waals surface area contributed by atoms with Crippen LogP contribution >= 0.6 is 0 Å². The molecule has 2 aromatic rings. The number of halogens is 1. The van der Waals surface area contributed by atoms with Crippen LogP contribution in [0.2, 0.25) is 0 Å². The third-order valence-electron chi connectivity index (χ3n) is 2.91. The maximum Gasteiger partial charge on any atom is 0.175 e. The van der Waals surface area contributed by atoms with Crippen LogP contribution < -0.4 is 5.73 Å². The van der Waals surface area contributed by atoms with E-state index in [2.05, 4.69) is 0 Å². The molecule has 2 rings (SSSR count). The van der Waals surface area contributed by atoms with Crippen LogP contribution in [-0.4, -0.2) is 14.7 Å². The second-order valence-corrected chi connectivity index (χ2v) is 6.36. The van der Waals surface area contributed by atoms with E-state index in [1.807, 2.05) is 0 Å². The van der Waals surface area contributed by atoms with Crippen LogP contribution in [0.4, 0.5) is 4.39 Å². The summed E-state index contributed by atoms with van der Waals surface area (Å²) in [7, 11) is -3.23. The van der Waals surface area contributed by atoms with E-state index in [9.17, 15) is 12.8 Å². The maximum atomic E-state index is 13.6. The molecule has 0 radical (unpaired) electrons. The maximum absolute atomic E-state index is 13.6. The van der Waals surface area contributed by atoms with Crippen LogP contribution in [0.15, 0.2) is 53.4 Å². The number of hydrogen-bond donors (Lipinski definition) is 1. The first kappa shape index (κ1) is 13.7. The summed E-state index contributed by atoms with van der Waals surface area (Å²) in [6, 6.07) is 11.8. The summed E-state index contributed by atoms with van der Waals surface area (Å²) in [5.74, 6) is -0.373. The molecule has 100 valence electrons. The van der Waals surface area contributed by atoms with Gasteiger partial charge in [-0.15, -0.1) is 0 Å². The minimum absolute atomic E-state index is 0.219. The Morgan fingerprint density at radius 1 is 1.05 bits per heavy atom. The zero-order chi connectivity index (χ0) is 14.0. The number of benzene rings is 2. The van der Waals surface area contributed by atoms with Crippen LogP contribution in [0.3, 0.4) is 0 Å². The van der Waals surface area contributed by atoms with Crippen molar-refractivity contribution in [2.24, 2.45) is 5.73 Å². The molecule has 0 aliphatic rings. The molecule has 0 saturated heterocycles. The molecule has 0 aliphatic carbocycles. The SMILES string of the molecule is CS(=O)(=O)c1ccc(C(N)c2ccccc2F)cc1. The highest BCUT2D eigenvalue weighted by Crippen LogP contribution is 2.23. The average molecular weight is 279 g/mol. The number of sulfone groups is 1. The first-order valence-electron chi connectivity index (χ1n) is 5.69. The van der Waals surface area contributed by atoms with Crippen LogP contribution in [0.1, 0.15) is 17.2 Å². The van der Waals surface area contributed by atoms with Gasteiger partial charge in [0.15, 0.2) is 9.84 Å². The summed E-state index contributed by atoms with van der Waals surface area (Å²) in [5, 5.41) is 0. The van der Waals surface area contributed by atoms with E-state index in [4.69, 9.17) is 5.73 Å². The smallest absolute Gasteiger partial charge is 0.175 e. The van der Waals surface area contributed by atoms with E-state index in [1.54, 1.807) is 30.3 Å². The van der Waals surface area contributed by atoms with Gasteiger partial charge < -0.3 is 5.73 Å². The summed E-state index contributed by atoms with van der Waals surface area (Å²) in [4.78, 5) is 0.219. The summed E-state index contributed by atoms with van der Waals surface area (Å²) in [6.45, 7) is 0. The minimum atomic E-state index is -3.23. The van der Waals surface area contributed by atoms with Gasteiger partial charge in [0.05, 0.1) is 10.9 Å². The first-order valence-corrected chi connectivity index (χ1v) is 7.59. The highest BCUT2D eigenvalue weighted by atomic mass is 32.2. The molecule has 1 unspecified atom stereocenters. The molecule has 0 aromatic heterocycles. The minimum Gasteiger partial charge on any atom is -0.320 e. The fourth-order valence-electron chi connectivity index (χ4n) is 1.83. The monoisotopic (exact) mass is 279 g/mol. The molecule has 0 amide bonds. The van der Waals surface area contributed by atoms with Crippen molar-refractivity contribution in [2.75, 3.05) is 6.26 Å². The summed E-state index contributed by atoms with van der Waals surface area (Å²) >= 11 is 0. The standard InChI is InChI=1S/C14H14FNO2S/c1-19(17,18)11-8-6-10(7-9-11)14(16)12-4-2-3-5-13(12)15/h2-9,14H,16H2,1H3. The Bertz CT molecular complexity index is 681. The van der Waals surface area contributed by atoms with Crippen molar-refractivity contribution in [1.29, 1.82) is 0 Å². The fraction of sp³-hybridized carbons (Fsp3) is 0.143. The Balaban J connectivity index is 2.36. The van der Waals surface area contributed by atoms with Crippen molar-refractivity contribution in [1.82, 2.24) is 0 Å². The molecule has 2 N–H and O–H groups in total. The lowest BCUT2D eigenvalue weighted by atomic mass is 9.99. The molecular formula is C14H14FNO2S. The van der Waals surface area contributed by atoms with Gasteiger partial charge in [0.2, 0.25) is 0 Å². The Morgan fingerprint density at radius 2 is 1.63 bits per heavy atom. The van der Waals surface area contributed by atoms with Gasteiger partial charge in [0.1, 0.15) is 5.82 Å². The molecule has 0 heterocycles. The largest absolute Gasteiger partial charge is 0.320 e. The van der Waals surface area contributed by atoms with E-state index in [-0.39, 0.29) is 10.7 Å². The zero-order valence-corrected chi connectivity index (χ0v) is 11.2. The molecule has 0 spiro atoms. The predicted molar refractivity (Wildman–Crippen MR) is 72.0 cm³/mol. The van der Waals surface area contributed by atoms with E-state index >= 15 is 0 Å². The molecule has 19 heavy (non-hydrogen) atoms. The quantitative estimate of drug-likeness (QED) is 0.937. The van der Waals surface area contributed by atoms with Gasteiger partial charge in [-0.2, -0.15) is 0 Å². The summed E-state index contributed by atoms with van der Waals surface area (Å²) in [5.41, 5.74) is 7.04. The first-order chi connectivity index (χ1) is 8.89. The van der Waals surface area contributed by atoms with Crippen LogP contribution in [0.5, 0.6) is 0 Å². The van der Waals surface area contributed by atoms with Gasteiger partial charge in [-0.1, -0.05) is 30.3 Å². The molecule has 0 bridgehead atoms. The predicted octanol–water partition coefficient (Wildman–Crippen LogP) is 2.28. The Kier molecular flexibility index (Phi) is 3.68. The molecule has 0 saturated carbocycles. The van der Waals surface area contributed by atoms with Crippen molar-refractivity contribution < 1.29 is 12.8 Å². The van der Waals surface area contributed by atoms with Gasteiger partial charge in [0.25, 0.3) is 0 Å². The lowest BCUT2D eigenvalue weighted by molar-refractivity contribution is 0.598. The van der Waals surface area contributed by atoms with Crippen LogP contribution in [0, 0.1) is 5.82 Å². The lowest BCUT2D eigenvalue weighted by Crippen LogP contribution is -2.13. The molecule has 3 nitrogen and oxygen atoms in total. The van der Waals surface area contributed by atoms with Gasteiger partial charge in [-0.05, 0) is 23.8 Å². The molecular weight excluding hydrogens is 265 g/mol. The fourth-order valence-corrected chi connectivity index (χ4v) is 2.46. The molecule has 2 aromatic carbocycles. The molecule has 0 fully saturated rings. The van der Waals surface area contributed by atoms with E-state index < -0.39 is 15.9 Å². The molecule has 0 aliphatic heterocycles. The summed E-state index contributed by atoms with van der Waals surface area (Å²) in [6.07, 6.45) is 1.14. The zero-order valence-electron chi connectivity index (χ0n) is 10.4. The van der Waals surface area contributed by atoms with Crippen LogP contribution in [0.25, 0.3) is 0 Å². The van der Waals surface area contributed by atoms with Gasteiger partial charge in [-0.3, -0.25) is 0 Å². The van der Waals surface area contributed by atoms with E-state index in [1.165, 1.54) is 18.2 Å².